The lowest BCUT2D eigenvalue weighted by Crippen LogP contribution is -2.53. The standard InChI is InChI=1S/C20H27N5O2/c1-12-17-15(14-7-6-8-16(21)18(14)23(12)5)9-22-25(17)13-10-24(11-13)19(26)27-20(2,3)4/h6-9,12-13H,10-11,21H2,1-5H3. The van der Waals surface area contributed by atoms with Crippen molar-refractivity contribution < 1.29 is 9.53 Å². The summed E-state index contributed by atoms with van der Waals surface area (Å²) in [5, 5.41) is 4.67. The van der Waals surface area contributed by atoms with E-state index in [1.165, 1.54) is 5.69 Å². The molecule has 0 radical (unpaired) electrons. The van der Waals surface area contributed by atoms with Crippen LogP contribution in [0.15, 0.2) is 24.4 Å². The Balaban J connectivity index is 1.60. The van der Waals surface area contributed by atoms with Crippen LogP contribution in [0.5, 0.6) is 0 Å². The molecule has 1 atom stereocenters. The van der Waals surface area contributed by atoms with E-state index in [4.69, 9.17) is 10.5 Å². The summed E-state index contributed by atoms with van der Waals surface area (Å²) < 4.78 is 7.53. The van der Waals surface area contributed by atoms with Gasteiger partial charge in [0.2, 0.25) is 0 Å². The summed E-state index contributed by atoms with van der Waals surface area (Å²) in [6, 6.07) is 6.32. The lowest BCUT2D eigenvalue weighted by molar-refractivity contribution is -0.000851. The zero-order chi connectivity index (χ0) is 19.5. The van der Waals surface area contributed by atoms with Gasteiger partial charge in [-0.3, -0.25) is 4.68 Å². The Morgan fingerprint density at radius 1 is 1.26 bits per heavy atom. The fourth-order valence-corrected chi connectivity index (χ4v) is 3.92. The summed E-state index contributed by atoms with van der Waals surface area (Å²) in [6.07, 6.45) is 1.66. The third-order valence-electron chi connectivity index (χ3n) is 5.38. The predicted molar refractivity (Wildman–Crippen MR) is 106 cm³/mol. The maximum Gasteiger partial charge on any atom is 0.410 e. The highest BCUT2D eigenvalue weighted by atomic mass is 16.6. The van der Waals surface area contributed by atoms with E-state index in [0.717, 1.165) is 22.5 Å². The van der Waals surface area contributed by atoms with Gasteiger partial charge in [0.1, 0.15) is 5.60 Å². The molecule has 2 aliphatic rings. The van der Waals surface area contributed by atoms with Gasteiger partial charge in [-0.2, -0.15) is 5.10 Å². The Morgan fingerprint density at radius 3 is 2.63 bits per heavy atom. The van der Waals surface area contributed by atoms with Crippen LogP contribution in [0.3, 0.4) is 0 Å². The molecule has 0 aliphatic carbocycles. The molecule has 1 saturated heterocycles. The SMILES string of the molecule is CC1c2c(cnn2C2CN(C(=O)OC(C)(C)C)C2)-c2cccc(N)c2N1C. The van der Waals surface area contributed by atoms with Crippen LogP contribution in [-0.2, 0) is 4.74 Å². The van der Waals surface area contributed by atoms with E-state index in [1.807, 2.05) is 39.1 Å². The second-order valence-electron chi connectivity index (χ2n) is 8.46. The molecule has 1 fully saturated rings. The van der Waals surface area contributed by atoms with E-state index in [-0.39, 0.29) is 18.2 Å². The number of rotatable bonds is 1. The summed E-state index contributed by atoms with van der Waals surface area (Å²) in [7, 11) is 2.06. The molecule has 1 aromatic heterocycles. The van der Waals surface area contributed by atoms with Crippen molar-refractivity contribution >= 4 is 17.5 Å². The number of carbonyl (C=O) groups excluding carboxylic acids is 1. The fraction of sp³-hybridized carbons (Fsp3) is 0.500. The van der Waals surface area contributed by atoms with Gasteiger partial charge < -0.3 is 20.3 Å². The minimum Gasteiger partial charge on any atom is -0.444 e. The highest BCUT2D eigenvalue weighted by Gasteiger charge is 2.39. The van der Waals surface area contributed by atoms with Gasteiger partial charge in [0.25, 0.3) is 0 Å². The Morgan fingerprint density at radius 2 is 1.96 bits per heavy atom. The maximum absolute atomic E-state index is 12.2. The summed E-state index contributed by atoms with van der Waals surface area (Å²) in [6.45, 7) is 9.04. The minimum absolute atomic E-state index is 0.148. The first-order valence-electron chi connectivity index (χ1n) is 9.34. The number of carbonyl (C=O) groups is 1. The van der Waals surface area contributed by atoms with Crippen LogP contribution in [-0.4, -0.2) is 46.5 Å². The van der Waals surface area contributed by atoms with Gasteiger partial charge in [0.05, 0.1) is 35.3 Å². The zero-order valence-corrected chi connectivity index (χ0v) is 16.6. The Kier molecular flexibility index (Phi) is 3.87. The number of nitrogens with two attached hydrogens (primary N) is 1. The smallest absolute Gasteiger partial charge is 0.410 e. The number of amides is 1. The number of nitrogens with zero attached hydrogens (tertiary/aromatic N) is 4. The number of likely N-dealkylation sites (tertiary alicyclic amines) is 1. The summed E-state index contributed by atoms with van der Waals surface area (Å²) in [5.41, 5.74) is 11.0. The summed E-state index contributed by atoms with van der Waals surface area (Å²) in [5.74, 6) is 0. The number of para-hydroxylation sites is 1. The number of nitrogen functional groups attached to an aromatic ring is 1. The number of anilines is 2. The molecular weight excluding hydrogens is 342 g/mol. The van der Waals surface area contributed by atoms with Crippen LogP contribution in [0, 0.1) is 0 Å². The number of hydrogen-bond acceptors (Lipinski definition) is 5. The van der Waals surface area contributed by atoms with Crippen LogP contribution < -0.4 is 10.6 Å². The number of hydrogen-bond donors (Lipinski definition) is 1. The van der Waals surface area contributed by atoms with E-state index in [1.54, 1.807) is 4.90 Å². The highest BCUT2D eigenvalue weighted by molar-refractivity contribution is 5.90. The van der Waals surface area contributed by atoms with E-state index in [2.05, 4.69) is 34.7 Å². The average Bonchev–Trinajstić information content (AvgIpc) is 2.94. The second-order valence-corrected chi connectivity index (χ2v) is 8.46. The van der Waals surface area contributed by atoms with Crippen molar-refractivity contribution in [1.82, 2.24) is 14.7 Å². The predicted octanol–water partition coefficient (Wildman–Crippen LogP) is 3.43. The first-order chi connectivity index (χ1) is 12.7. The number of ether oxygens (including phenoxy) is 1. The van der Waals surface area contributed by atoms with Crippen LogP contribution in [0.2, 0.25) is 0 Å². The van der Waals surface area contributed by atoms with Gasteiger partial charge in [0.15, 0.2) is 0 Å². The van der Waals surface area contributed by atoms with Gasteiger partial charge in [-0.05, 0) is 33.8 Å². The Labute approximate surface area is 159 Å². The van der Waals surface area contributed by atoms with Gasteiger partial charge >= 0.3 is 6.09 Å². The van der Waals surface area contributed by atoms with Gasteiger partial charge in [-0.1, -0.05) is 12.1 Å². The van der Waals surface area contributed by atoms with Crippen molar-refractivity contribution in [2.45, 2.75) is 45.4 Å². The molecule has 1 amide bonds. The normalized spacial score (nSPS) is 19.4. The van der Waals surface area contributed by atoms with Gasteiger partial charge in [0, 0.05) is 31.3 Å². The molecule has 1 unspecified atom stereocenters. The number of fused-ring (bicyclic) bond motifs is 3. The van der Waals surface area contributed by atoms with E-state index < -0.39 is 5.60 Å². The van der Waals surface area contributed by atoms with Crippen molar-refractivity contribution in [2.24, 2.45) is 0 Å². The summed E-state index contributed by atoms with van der Waals surface area (Å²) >= 11 is 0. The Hall–Kier alpha value is -2.70. The first-order valence-corrected chi connectivity index (χ1v) is 9.34. The molecule has 7 heteroatoms. The monoisotopic (exact) mass is 369 g/mol. The molecule has 27 heavy (non-hydrogen) atoms. The largest absolute Gasteiger partial charge is 0.444 e. The van der Waals surface area contributed by atoms with E-state index >= 15 is 0 Å². The second kappa shape index (κ2) is 5.90. The van der Waals surface area contributed by atoms with Crippen molar-refractivity contribution in [3.63, 3.8) is 0 Å². The average molecular weight is 369 g/mol. The van der Waals surface area contributed by atoms with Crippen molar-refractivity contribution in [1.29, 1.82) is 0 Å². The van der Waals surface area contributed by atoms with E-state index in [9.17, 15) is 4.79 Å². The zero-order valence-electron chi connectivity index (χ0n) is 16.6. The molecule has 4 rings (SSSR count). The van der Waals surface area contributed by atoms with Gasteiger partial charge in [-0.15, -0.1) is 0 Å². The molecule has 144 valence electrons. The van der Waals surface area contributed by atoms with Crippen molar-refractivity contribution in [2.75, 3.05) is 30.8 Å². The van der Waals surface area contributed by atoms with Crippen LogP contribution in [0.1, 0.15) is 45.5 Å². The third kappa shape index (κ3) is 2.81. The number of aromatic nitrogens is 2. The lowest BCUT2D eigenvalue weighted by atomic mass is 9.93. The van der Waals surface area contributed by atoms with E-state index in [0.29, 0.717) is 13.1 Å². The van der Waals surface area contributed by atoms with Gasteiger partial charge in [-0.25, -0.2) is 4.79 Å². The van der Waals surface area contributed by atoms with Crippen LogP contribution >= 0.6 is 0 Å². The molecule has 2 N–H and O–H groups in total. The molecule has 1 aromatic carbocycles. The van der Waals surface area contributed by atoms with Crippen LogP contribution in [0.4, 0.5) is 16.2 Å². The quantitative estimate of drug-likeness (QED) is 0.779. The summed E-state index contributed by atoms with van der Waals surface area (Å²) in [4.78, 5) is 16.1. The Bertz CT molecular complexity index is 892. The number of benzene rings is 1. The maximum atomic E-state index is 12.2. The van der Waals surface area contributed by atoms with Crippen LogP contribution in [0.25, 0.3) is 11.1 Å². The molecule has 3 heterocycles. The molecule has 2 aromatic rings. The lowest BCUT2D eigenvalue weighted by Gasteiger charge is -2.42. The third-order valence-corrected chi connectivity index (χ3v) is 5.38. The molecule has 0 saturated carbocycles. The highest BCUT2D eigenvalue weighted by Crippen LogP contribution is 2.47. The minimum atomic E-state index is -0.478. The molecule has 0 bridgehead atoms. The molecule has 7 nitrogen and oxygen atoms in total. The molecule has 0 spiro atoms. The van der Waals surface area contributed by atoms with Crippen molar-refractivity contribution in [3.05, 3.63) is 30.1 Å². The topological polar surface area (TPSA) is 76.6 Å². The fourth-order valence-electron chi connectivity index (χ4n) is 3.92. The van der Waals surface area contributed by atoms with Crippen molar-refractivity contribution in [3.8, 4) is 11.1 Å². The molecule has 2 aliphatic heterocycles. The molecular formula is C20H27N5O2. The first kappa shape index (κ1) is 17.7.